The van der Waals surface area contributed by atoms with Gasteiger partial charge in [-0.1, -0.05) is 0 Å². The van der Waals surface area contributed by atoms with Crippen molar-refractivity contribution in [3.8, 4) is 0 Å². The lowest BCUT2D eigenvalue weighted by atomic mass is 10.3. The number of β-amino-alcohol motifs (C(OH)–C–C–N with tert-alkyl or cyclic N) is 1. The number of rotatable bonds is 1. The molecule has 2 rings (SSSR count). The summed E-state index contributed by atoms with van der Waals surface area (Å²) >= 11 is 0. The number of hydrogen-bond donors (Lipinski definition) is 3. The van der Waals surface area contributed by atoms with Crippen LogP contribution in [0.1, 0.15) is 16.8 Å². The van der Waals surface area contributed by atoms with Gasteiger partial charge in [0, 0.05) is 19.3 Å². The average Bonchev–Trinajstić information content (AvgIpc) is 2.64. The number of carbonyl (C=O) groups is 1. The summed E-state index contributed by atoms with van der Waals surface area (Å²) < 4.78 is 0. The Morgan fingerprint density at radius 1 is 1.50 bits per heavy atom. The number of H-pyrrole nitrogens is 2. The molecule has 2 heterocycles. The third kappa shape index (κ3) is 1.89. The maximum absolute atomic E-state index is 11.8. The number of likely N-dealkylation sites (tertiary alicyclic amines) is 1. The molecule has 0 saturated carbocycles. The van der Waals surface area contributed by atoms with E-state index in [4.69, 9.17) is 0 Å². The van der Waals surface area contributed by atoms with Gasteiger partial charge in [0.15, 0.2) is 0 Å². The lowest BCUT2D eigenvalue weighted by Gasteiger charge is -2.14. The van der Waals surface area contributed by atoms with Crippen LogP contribution >= 0.6 is 0 Å². The Balaban J connectivity index is 2.28. The van der Waals surface area contributed by atoms with Gasteiger partial charge in [0.2, 0.25) is 0 Å². The third-order valence-electron chi connectivity index (χ3n) is 2.50. The molecule has 1 amide bonds. The molecule has 7 heteroatoms. The zero-order valence-corrected chi connectivity index (χ0v) is 8.40. The second kappa shape index (κ2) is 3.93. The summed E-state index contributed by atoms with van der Waals surface area (Å²) in [6, 6.07) is 0. The van der Waals surface area contributed by atoms with E-state index in [-0.39, 0.29) is 12.1 Å². The number of nitrogens with zero attached hydrogens (tertiary/aromatic N) is 1. The molecule has 86 valence electrons. The van der Waals surface area contributed by atoms with Crippen LogP contribution in [0.15, 0.2) is 15.8 Å². The first-order valence-electron chi connectivity index (χ1n) is 4.87. The van der Waals surface area contributed by atoms with Gasteiger partial charge < -0.3 is 15.0 Å². The van der Waals surface area contributed by atoms with Crippen LogP contribution in [-0.2, 0) is 0 Å². The van der Waals surface area contributed by atoms with E-state index in [0.29, 0.717) is 13.0 Å². The summed E-state index contributed by atoms with van der Waals surface area (Å²) in [7, 11) is 0. The third-order valence-corrected chi connectivity index (χ3v) is 2.50. The van der Waals surface area contributed by atoms with E-state index < -0.39 is 23.3 Å². The molecule has 3 N–H and O–H groups in total. The number of nitrogens with one attached hydrogen (secondary N) is 2. The molecule has 1 aliphatic rings. The van der Waals surface area contributed by atoms with Gasteiger partial charge in [-0.25, -0.2) is 4.79 Å². The Bertz CT molecular complexity index is 518. The Hall–Kier alpha value is -1.89. The zero-order chi connectivity index (χ0) is 11.7. The molecular formula is C9H11N3O4. The molecule has 0 radical (unpaired) electrons. The average molecular weight is 225 g/mol. The smallest absolute Gasteiger partial charge is 0.325 e. The molecule has 1 fully saturated rings. The first-order valence-corrected chi connectivity index (χ1v) is 4.87. The van der Waals surface area contributed by atoms with Crippen LogP contribution in [0.5, 0.6) is 0 Å². The van der Waals surface area contributed by atoms with E-state index >= 15 is 0 Å². The minimum atomic E-state index is -0.713. The SMILES string of the molecule is O=C(c1c[nH]c(=O)[nH]c1=O)N1CC[C@@H](O)C1. The van der Waals surface area contributed by atoms with Gasteiger partial charge in [-0.05, 0) is 6.42 Å². The predicted molar refractivity (Wildman–Crippen MR) is 54.2 cm³/mol. The lowest BCUT2D eigenvalue weighted by molar-refractivity contribution is 0.0762. The summed E-state index contributed by atoms with van der Waals surface area (Å²) in [4.78, 5) is 39.5. The van der Waals surface area contributed by atoms with Gasteiger partial charge in [0.25, 0.3) is 11.5 Å². The largest absolute Gasteiger partial charge is 0.391 e. The number of aliphatic hydroxyl groups excluding tert-OH is 1. The van der Waals surface area contributed by atoms with E-state index in [2.05, 4.69) is 4.98 Å². The number of amides is 1. The number of carbonyl (C=O) groups excluding carboxylic acids is 1. The van der Waals surface area contributed by atoms with E-state index in [9.17, 15) is 19.5 Å². The molecule has 1 aromatic rings. The van der Waals surface area contributed by atoms with Crippen LogP contribution in [-0.4, -0.2) is 45.1 Å². The second-order valence-corrected chi connectivity index (χ2v) is 3.68. The Kier molecular flexibility index (Phi) is 2.61. The number of aliphatic hydroxyl groups is 1. The lowest BCUT2D eigenvalue weighted by Crippen LogP contribution is -2.36. The molecule has 16 heavy (non-hydrogen) atoms. The first-order chi connectivity index (χ1) is 7.58. The standard InChI is InChI=1S/C9H11N3O4/c13-5-1-2-12(4-5)8(15)6-3-10-9(16)11-7(6)14/h3,5,13H,1-2,4H2,(H2,10,11,14,16)/t5-/m1/s1. The van der Waals surface area contributed by atoms with E-state index in [0.717, 1.165) is 6.20 Å². The highest BCUT2D eigenvalue weighted by molar-refractivity contribution is 5.93. The molecule has 0 unspecified atom stereocenters. The van der Waals surface area contributed by atoms with Gasteiger partial charge in [-0.3, -0.25) is 14.6 Å². The molecule has 7 nitrogen and oxygen atoms in total. The second-order valence-electron chi connectivity index (χ2n) is 3.68. The van der Waals surface area contributed by atoms with E-state index in [1.54, 1.807) is 0 Å². The van der Waals surface area contributed by atoms with Crippen LogP contribution in [0.25, 0.3) is 0 Å². The van der Waals surface area contributed by atoms with Gasteiger partial charge in [0.05, 0.1) is 6.10 Å². The number of aromatic nitrogens is 2. The van der Waals surface area contributed by atoms with Crippen molar-refractivity contribution < 1.29 is 9.90 Å². The zero-order valence-electron chi connectivity index (χ0n) is 8.40. The highest BCUT2D eigenvalue weighted by Crippen LogP contribution is 2.10. The Morgan fingerprint density at radius 3 is 2.81 bits per heavy atom. The summed E-state index contributed by atoms with van der Waals surface area (Å²) in [5.41, 5.74) is -1.48. The van der Waals surface area contributed by atoms with E-state index in [1.165, 1.54) is 4.90 Å². The summed E-state index contributed by atoms with van der Waals surface area (Å²) in [5.74, 6) is -0.478. The Labute approximate surface area is 89.7 Å². The highest BCUT2D eigenvalue weighted by Gasteiger charge is 2.26. The maximum Gasteiger partial charge on any atom is 0.325 e. The fourth-order valence-electron chi connectivity index (χ4n) is 1.67. The molecule has 0 aliphatic carbocycles. The fraction of sp³-hybridized carbons (Fsp3) is 0.444. The van der Waals surface area contributed by atoms with Gasteiger partial charge in [-0.15, -0.1) is 0 Å². The molecule has 0 bridgehead atoms. The monoisotopic (exact) mass is 225 g/mol. The summed E-state index contributed by atoms with van der Waals surface area (Å²) in [6.07, 6.45) is 1.06. The van der Waals surface area contributed by atoms with Crippen LogP contribution in [0, 0.1) is 0 Å². The van der Waals surface area contributed by atoms with E-state index in [1.807, 2.05) is 4.98 Å². The molecule has 1 aromatic heterocycles. The van der Waals surface area contributed by atoms with Crippen molar-refractivity contribution in [2.24, 2.45) is 0 Å². The van der Waals surface area contributed by atoms with Crippen molar-refractivity contribution in [2.45, 2.75) is 12.5 Å². The number of aromatic amines is 2. The first kappa shape index (κ1) is 10.6. The predicted octanol–water partition coefficient (Wildman–Crippen LogP) is -1.73. The minimum absolute atomic E-state index is 0.117. The molecule has 0 spiro atoms. The molecule has 1 atom stereocenters. The van der Waals surface area contributed by atoms with Crippen LogP contribution in [0.3, 0.4) is 0 Å². The molecule has 1 aliphatic heterocycles. The topological polar surface area (TPSA) is 106 Å². The quantitative estimate of drug-likeness (QED) is 0.528. The van der Waals surface area contributed by atoms with Crippen LogP contribution in [0.4, 0.5) is 0 Å². The minimum Gasteiger partial charge on any atom is -0.391 e. The summed E-state index contributed by atoms with van der Waals surface area (Å²) in [5, 5.41) is 9.27. The highest BCUT2D eigenvalue weighted by atomic mass is 16.3. The van der Waals surface area contributed by atoms with Crippen molar-refractivity contribution in [2.75, 3.05) is 13.1 Å². The number of hydrogen-bond acceptors (Lipinski definition) is 4. The molecular weight excluding hydrogens is 214 g/mol. The van der Waals surface area contributed by atoms with Crippen molar-refractivity contribution in [3.05, 3.63) is 32.6 Å². The van der Waals surface area contributed by atoms with Gasteiger partial charge in [0.1, 0.15) is 5.56 Å². The van der Waals surface area contributed by atoms with Gasteiger partial charge >= 0.3 is 5.69 Å². The fourth-order valence-corrected chi connectivity index (χ4v) is 1.67. The van der Waals surface area contributed by atoms with Crippen LogP contribution < -0.4 is 11.2 Å². The summed E-state index contributed by atoms with van der Waals surface area (Å²) in [6.45, 7) is 0.635. The van der Waals surface area contributed by atoms with Crippen molar-refractivity contribution in [1.82, 2.24) is 14.9 Å². The molecule has 1 saturated heterocycles. The van der Waals surface area contributed by atoms with Crippen molar-refractivity contribution in [3.63, 3.8) is 0 Å². The van der Waals surface area contributed by atoms with Crippen molar-refractivity contribution >= 4 is 5.91 Å². The van der Waals surface area contributed by atoms with Crippen molar-refractivity contribution in [1.29, 1.82) is 0 Å². The Morgan fingerprint density at radius 2 is 2.25 bits per heavy atom. The van der Waals surface area contributed by atoms with Crippen LogP contribution in [0.2, 0.25) is 0 Å². The normalized spacial score (nSPS) is 20.1. The maximum atomic E-state index is 11.8. The molecule has 0 aromatic carbocycles. The van der Waals surface area contributed by atoms with Gasteiger partial charge in [-0.2, -0.15) is 0 Å².